The number of phenolic OH excluding ortho intramolecular Hbond substituents is 1. The molecular weight excluding hydrogens is 448 g/mol. The van der Waals surface area contributed by atoms with Crippen LogP contribution in [0.25, 0.3) is 55.6 Å². The van der Waals surface area contributed by atoms with Gasteiger partial charge in [0.05, 0.1) is 0 Å². The molecule has 0 unspecified atom stereocenters. The Morgan fingerprint density at radius 2 is 0.622 bits per heavy atom. The molecule has 6 aromatic carbocycles. The van der Waals surface area contributed by atoms with Crippen LogP contribution in [0, 0.1) is 0 Å². The van der Waals surface area contributed by atoms with Crippen LogP contribution in [0.1, 0.15) is 0 Å². The van der Waals surface area contributed by atoms with E-state index in [1.54, 1.807) is 0 Å². The zero-order valence-corrected chi connectivity index (χ0v) is 20.4. The largest absolute Gasteiger partial charge is 0.507 e. The Balaban J connectivity index is 1.62. The van der Waals surface area contributed by atoms with E-state index in [1.807, 2.05) is 60.7 Å². The molecule has 1 heteroatoms. The lowest BCUT2D eigenvalue weighted by Gasteiger charge is -2.19. The maximum Gasteiger partial charge on any atom is 0.131 e. The van der Waals surface area contributed by atoms with Crippen LogP contribution in [0.4, 0.5) is 0 Å². The summed E-state index contributed by atoms with van der Waals surface area (Å²) in [6, 6.07) is 51.8. The van der Waals surface area contributed by atoms with Gasteiger partial charge in [-0.3, -0.25) is 0 Å². The van der Waals surface area contributed by atoms with Gasteiger partial charge in [0, 0.05) is 16.7 Å². The van der Waals surface area contributed by atoms with Crippen LogP contribution in [-0.2, 0) is 0 Å². The summed E-state index contributed by atoms with van der Waals surface area (Å²) in [7, 11) is 0. The molecule has 0 spiro atoms. The van der Waals surface area contributed by atoms with E-state index in [4.69, 9.17) is 0 Å². The highest BCUT2D eigenvalue weighted by Crippen LogP contribution is 2.47. The molecule has 0 aliphatic carbocycles. The Bertz CT molecular complexity index is 1590. The SMILES string of the molecule is Oc1c(-c2ccccc2-c2ccccc2)cccc1-c1c(-c2ccccc2)cccc1-c1ccccc1. The fourth-order valence-corrected chi connectivity index (χ4v) is 5.11. The monoisotopic (exact) mass is 474 g/mol. The highest BCUT2D eigenvalue weighted by Gasteiger charge is 2.20. The Hall–Kier alpha value is -4.88. The van der Waals surface area contributed by atoms with Crippen molar-refractivity contribution in [3.63, 3.8) is 0 Å². The first-order valence-corrected chi connectivity index (χ1v) is 12.5. The van der Waals surface area contributed by atoms with Crippen LogP contribution in [0.5, 0.6) is 5.75 Å². The van der Waals surface area contributed by atoms with E-state index in [-0.39, 0.29) is 5.75 Å². The lowest BCUT2D eigenvalue weighted by molar-refractivity contribution is 0.479. The van der Waals surface area contributed by atoms with Crippen molar-refractivity contribution in [2.24, 2.45) is 0 Å². The van der Waals surface area contributed by atoms with Crippen molar-refractivity contribution < 1.29 is 5.11 Å². The van der Waals surface area contributed by atoms with Crippen LogP contribution in [0.2, 0.25) is 0 Å². The minimum atomic E-state index is 0.284. The van der Waals surface area contributed by atoms with Crippen LogP contribution in [-0.4, -0.2) is 5.11 Å². The predicted octanol–water partition coefficient (Wildman–Crippen LogP) is 9.73. The van der Waals surface area contributed by atoms with Crippen LogP contribution in [0.3, 0.4) is 0 Å². The molecule has 1 nitrogen and oxygen atoms in total. The second-order valence-corrected chi connectivity index (χ2v) is 9.07. The van der Waals surface area contributed by atoms with Crippen molar-refractivity contribution in [2.75, 3.05) is 0 Å². The molecule has 0 fully saturated rings. The van der Waals surface area contributed by atoms with Crippen molar-refractivity contribution in [2.45, 2.75) is 0 Å². The molecule has 0 heterocycles. The van der Waals surface area contributed by atoms with Gasteiger partial charge in [0.2, 0.25) is 0 Å². The molecule has 176 valence electrons. The summed E-state index contributed by atoms with van der Waals surface area (Å²) in [4.78, 5) is 0. The summed E-state index contributed by atoms with van der Waals surface area (Å²) in [5.41, 5.74) is 10.3. The van der Waals surface area contributed by atoms with Gasteiger partial charge in [-0.2, -0.15) is 0 Å². The Labute approximate surface area is 218 Å². The molecule has 0 radical (unpaired) electrons. The molecule has 0 aliphatic heterocycles. The Morgan fingerprint density at radius 3 is 1.14 bits per heavy atom. The molecule has 0 aliphatic rings. The fraction of sp³-hybridized carbons (Fsp3) is 0. The van der Waals surface area contributed by atoms with Crippen molar-refractivity contribution in [3.8, 4) is 61.4 Å². The van der Waals surface area contributed by atoms with E-state index in [2.05, 4.69) is 91.0 Å². The Kier molecular flexibility index (Phi) is 6.10. The fourth-order valence-electron chi connectivity index (χ4n) is 5.11. The van der Waals surface area contributed by atoms with Gasteiger partial charge in [-0.05, 0) is 38.9 Å². The van der Waals surface area contributed by atoms with Gasteiger partial charge in [-0.25, -0.2) is 0 Å². The lowest BCUT2D eigenvalue weighted by Crippen LogP contribution is -1.93. The normalized spacial score (nSPS) is 10.8. The van der Waals surface area contributed by atoms with Crippen LogP contribution >= 0.6 is 0 Å². The molecule has 6 rings (SSSR count). The topological polar surface area (TPSA) is 20.2 Å². The quantitative estimate of drug-likeness (QED) is 0.264. The standard InChI is InChI=1S/C36H26O/c37-36-33(32-21-11-10-20-29(32)26-14-4-1-5-15-26)24-13-25-34(36)35-30(27-16-6-2-7-17-27)22-12-23-31(35)28-18-8-3-9-19-28/h1-25,37H. The minimum Gasteiger partial charge on any atom is -0.507 e. The van der Waals surface area contributed by atoms with Crippen molar-refractivity contribution >= 4 is 0 Å². The molecule has 0 aromatic heterocycles. The summed E-state index contributed by atoms with van der Waals surface area (Å²) in [5.74, 6) is 0.284. The molecule has 0 saturated carbocycles. The van der Waals surface area contributed by atoms with E-state index in [9.17, 15) is 5.11 Å². The summed E-state index contributed by atoms with van der Waals surface area (Å²) in [6.07, 6.45) is 0. The summed E-state index contributed by atoms with van der Waals surface area (Å²) >= 11 is 0. The van der Waals surface area contributed by atoms with E-state index < -0.39 is 0 Å². The zero-order valence-electron chi connectivity index (χ0n) is 20.4. The number of hydrogen-bond acceptors (Lipinski definition) is 1. The third-order valence-corrected chi connectivity index (χ3v) is 6.84. The van der Waals surface area contributed by atoms with Crippen molar-refractivity contribution in [1.82, 2.24) is 0 Å². The maximum absolute atomic E-state index is 11.9. The number of aromatic hydroxyl groups is 1. The minimum absolute atomic E-state index is 0.284. The predicted molar refractivity (Wildman–Crippen MR) is 155 cm³/mol. The van der Waals surface area contributed by atoms with Crippen LogP contribution < -0.4 is 0 Å². The highest BCUT2D eigenvalue weighted by atomic mass is 16.3. The van der Waals surface area contributed by atoms with E-state index in [0.717, 1.165) is 55.6 Å². The molecule has 0 amide bonds. The van der Waals surface area contributed by atoms with Crippen molar-refractivity contribution in [3.05, 3.63) is 152 Å². The third-order valence-electron chi connectivity index (χ3n) is 6.84. The van der Waals surface area contributed by atoms with Gasteiger partial charge < -0.3 is 5.11 Å². The number of para-hydroxylation sites is 1. The summed E-state index contributed by atoms with van der Waals surface area (Å²) < 4.78 is 0. The first kappa shape index (κ1) is 22.6. The van der Waals surface area contributed by atoms with Gasteiger partial charge in [-0.15, -0.1) is 0 Å². The summed E-state index contributed by atoms with van der Waals surface area (Å²) in [5, 5.41) is 11.9. The average Bonchev–Trinajstić information content (AvgIpc) is 2.98. The molecule has 0 saturated heterocycles. The molecule has 37 heavy (non-hydrogen) atoms. The van der Waals surface area contributed by atoms with Gasteiger partial charge in [-0.1, -0.05) is 152 Å². The molecular formula is C36H26O. The summed E-state index contributed by atoms with van der Waals surface area (Å²) in [6.45, 7) is 0. The highest BCUT2D eigenvalue weighted by molar-refractivity contribution is 5.99. The van der Waals surface area contributed by atoms with E-state index >= 15 is 0 Å². The Morgan fingerprint density at radius 1 is 0.270 bits per heavy atom. The number of rotatable bonds is 5. The molecule has 0 atom stereocenters. The van der Waals surface area contributed by atoms with Gasteiger partial charge in [0.25, 0.3) is 0 Å². The van der Waals surface area contributed by atoms with E-state index in [0.29, 0.717) is 0 Å². The second-order valence-electron chi connectivity index (χ2n) is 9.07. The molecule has 0 bridgehead atoms. The van der Waals surface area contributed by atoms with Crippen molar-refractivity contribution in [1.29, 1.82) is 0 Å². The van der Waals surface area contributed by atoms with Gasteiger partial charge in [0.15, 0.2) is 0 Å². The smallest absolute Gasteiger partial charge is 0.131 e. The van der Waals surface area contributed by atoms with Crippen LogP contribution in [0.15, 0.2) is 152 Å². The molecule has 6 aromatic rings. The number of phenols is 1. The lowest BCUT2D eigenvalue weighted by atomic mass is 9.85. The van der Waals surface area contributed by atoms with Gasteiger partial charge in [0.1, 0.15) is 5.75 Å². The maximum atomic E-state index is 11.9. The third kappa shape index (κ3) is 4.32. The number of hydrogen-bond donors (Lipinski definition) is 1. The first-order chi connectivity index (χ1) is 18.3. The van der Waals surface area contributed by atoms with Gasteiger partial charge >= 0.3 is 0 Å². The first-order valence-electron chi connectivity index (χ1n) is 12.5. The number of benzene rings is 6. The zero-order chi connectivity index (χ0) is 25.0. The average molecular weight is 475 g/mol. The van der Waals surface area contributed by atoms with E-state index in [1.165, 1.54) is 0 Å². The molecule has 1 N–H and O–H groups in total. The second kappa shape index (κ2) is 10.0.